The van der Waals surface area contributed by atoms with Crippen molar-refractivity contribution < 1.29 is 43.9 Å². The Balaban J connectivity index is 1.22. The molecule has 4 rings (SSSR count). The molecule has 0 saturated heterocycles. The van der Waals surface area contributed by atoms with Crippen molar-refractivity contribution >= 4 is 75.6 Å². The molecule has 0 aliphatic rings. The molecule has 0 aliphatic carbocycles. The summed E-state index contributed by atoms with van der Waals surface area (Å²) in [6.45, 7) is 4.15. The molecule has 11 nitrogen and oxygen atoms in total. The molecule has 0 unspecified atom stereocenters. The van der Waals surface area contributed by atoms with Crippen LogP contribution in [0.15, 0.2) is 72.8 Å². The number of amides is 1. The molecule has 0 fully saturated rings. The maximum atomic E-state index is 12.8. The van der Waals surface area contributed by atoms with Gasteiger partial charge in [0.2, 0.25) is 0 Å². The minimum absolute atomic E-state index is 0.0442. The first-order chi connectivity index (χ1) is 22.8. The van der Waals surface area contributed by atoms with Crippen LogP contribution in [0.4, 0.5) is 11.4 Å². The molecular formula is C33H28Cl4N2O9. The van der Waals surface area contributed by atoms with E-state index in [1.54, 1.807) is 48.5 Å². The van der Waals surface area contributed by atoms with Gasteiger partial charge in [0.15, 0.2) is 5.75 Å². The first kappa shape index (κ1) is 36.6. The molecule has 0 bridgehead atoms. The van der Waals surface area contributed by atoms with Crippen molar-refractivity contribution in [3.63, 3.8) is 0 Å². The van der Waals surface area contributed by atoms with E-state index < -0.39 is 23.3 Å². The van der Waals surface area contributed by atoms with E-state index in [2.05, 4.69) is 10.8 Å². The largest absolute Gasteiger partial charge is 0.493 e. The van der Waals surface area contributed by atoms with Crippen molar-refractivity contribution in [1.82, 2.24) is 0 Å². The van der Waals surface area contributed by atoms with Crippen LogP contribution < -0.4 is 20.4 Å². The lowest BCUT2D eigenvalue weighted by Crippen LogP contribution is -2.28. The molecule has 0 aromatic heterocycles. The summed E-state index contributed by atoms with van der Waals surface area (Å²) in [4.78, 5) is 52.3. The molecule has 0 radical (unpaired) electrons. The second kappa shape index (κ2) is 16.2. The Kier molecular flexibility index (Phi) is 12.4. The van der Waals surface area contributed by atoms with E-state index in [1.165, 1.54) is 24.3 Å². The highest BCUT2D eigenvalue weighted by Crippen LogP contribution is 2.30. The lowest BCUT2D eigenvalue weighted by atomic mass is 9.96. The van der Waals surface area contributed by atoms with Gasteiger partial charge in [-0.25, -0.2) is 9.59 Å². The molecule has 4 N–H and O–H groups in total. The van der Waals surface area contributed by atoms with Crippen LogP contribution in [0.2, 0.25) is 20.1 Å². The zero-order valence-corrected chi connectivity index (χ0v) is 28.3. The van der Waals surface area contributed by atoms with E-state index >= 15 is 0 Å². The fraction of sp³-hybridized carbons (Fsp3) is 0.182. The van der Waals surface area contributed by atoms with Gasteiger partial charge in [0, 0.05) is 21.7 Å². The Hall–Kier alpha value is -4.23. The molecule has 0 aliphatic heterocycles. The summed E-state index contributed by atoms with van der Waals surface area (Å²) in [6.07, 6.45) is 0. The summed E-state index contributed by atoms with van der Waals surface area (Å²) in [5.74, 6) is -2.36. The minimum Gasteiger partial charge on any atom is -0.493 e. The zero-order chi connectivity index (χ0) is 35.0. The SMILES string of the molecule is CC(C)(COOc1ccc(NOCc2c(Cl)ccc(Cl)c2C(=O)O)cc1)COc1ccc(NC(=O)c2c(Cl)ccc(Cl)c2C(=O)O)cc1. The molecule has 252 valence electrons. The monoisotopic (exact) mass is 736 g/mol. The van der Waals surface area contributed by atoms with Gasteiger partial charge in [0.05, 0.1) is 44.1 Å². The Morgan fingerprint density at radius 3 is 1.79 bits per heavy atom. The maximum absolute atomic E-state index is 12.8. The van der Waals surface area contributed by atoms with Gasteiger partial charge < -0.3 is 25.2 Å². The summed E-state index contributed by atoms with van der Waals surface area (Å²) in [5.41, 5.74) is 2.70. The van der Waals surface area contributed by atoms with E-state index in [4.69, 9.17) is 65.8 Å². The number of carbonyl (C=O) groups is 3. The maximum Gasteiger partial charge on any atom is 0.338 e. The standard InChI is InChI=1S/C33H28Cl4N2O9/c1-33(2,16-45-20-7-3-18(4-8-20)38-30(40)28-25(36)13-14-26(37)29(28)32(43)44)17-47-48-21-9-5-19(6-10-21)39-46-15-22-23(34)11-12-24(35)27(22)31(41)42/h3-14,39H,15-17H2,1-2H3,(H,38,40)(H,41,42)(H,43,44). The van der Waals surface area contributed by atoms with E-state index in [0.717, 1.165) is 0 Å². The normalized spacial score (nSPS) is 11.1. The number of anilines is 2. The third-order valence-corrected chi connectivity index (χ3v) is 7.87. The third-order valence-electron chi connectivity index (χ3n) is 6.57. The van der Waals surface area contributed by atoms with Gasteiger partial charge in [-0.2, -0.15) is 4.89 Å². The first-order valence-electron chi connectivity index (χ1n) is 14.0. The summed E-state index contributed by atoms with van der Waals surface area (Å²) in [7, 11) is 0. The average Bonchev–Trinajstić information content (AvgIpc) is 3.03. The molecule has 48 heavy (non-hydrogen) atoms. The van der Waals surface area contributed by atoms with Gasteiger partial charge in [-0.3, -0.25) is 15.1 Å². The Labute approximate surface area is 295 Å². The predicted octanol–water partition coefficient (Wildman–Crippen LogP) is 8.91. The molecule has 15 heteroatoms. The Morgan fingerprint density at radius 2 is 1.19 bits per heavy atom. The van der Waals surface area contributed by atoms with Crippen LogP contribution in [0.5, 0.6) is 11.5 Å². The van der Waals surface area contributed by atoms with E-state index in [0.29, 0.717) is 22.9 Å². The number of aromatic carboxylic acids is 2. The van der Waals surface area contributed by atoms with Crippen LogP contribution in [0, 0.1) is 5.41 Å². The van der Waals surface area contributed by atoms with Crippen LogP contribution in [0.3, 0.4) is 0 Å². The number of carbonyl (C=O) groups excluding carboxylic acids is 1. The summed E-state index contributed by atoms with van der Waals surface area (Å²) in [5, 5.41) is 21.6. The Morgan fingerprint density at radius 1 is 0.667 bits per heavy atom. The molecule has 0 spiro atoms. The number of nitrogens with one attached hydrogen (secondary N) is 2. The van der Waals surface area contributed by atoms with Crippen molar-refractivity contribution in [2.24, 2.45) is 5.41 Å². The number of ether oxygens (including phenoxy) is 1. The molecule has 0 heterocycles. The highest BCUT2D eigenvalue weighted by Gasteiger charge is 2.24. The van der Waals surface area contributed by atoms with Crippen molar-refractivity contribution in [2.45, 2.75) is 20.5 Å². The molecule has 1 amide bonds. The minimum atomic E-state index is -1.37. The Bertz CT molecular complexity index is 1800. The first-order valence-corrected chi connectivity index (χ1v) is 15.5. The van der Waals surface area contributed by atoms with Gasteiger partial charge in [-0.15, -0.1) is 0 Å². The van der Waals surface area contributed by atoms with Gasteiger partial charge in [-0.05, 0) is 72.8 Å². The van der Waals surface area contributed by atoms with Crippen LogP contribution in [0.25, 0.3) is 0 Å². The topological polar surface area (TPSA) is 153 Å². The summed E-state index contributed by atoms with van der Waals surface area (Å²) >= 11 is 24.2. The molecule has 0 saturated carbocycles. The van der Waals surface area contributed by atoms with Gasteiger partial charge in [0.25, 0.3) is 5.91 Å². The molecule has 0 atom stereocenters. The van der Waals surface area contributed by atoms with E-state index in [-0.39, 0.29) is 62.2 Å². The van der Waals surface area contributed by atoms with Gasteiger partial charge in [-0.1, -0.05) is 60.3 Å². The number of halogens is 4. The lowest BCUT2D eigenvalue weighted by molar-refractivity contribution is -0.228. The van der Waals surface area contributed by atoms with Crippen LogP contribution >= 0.6 is 46.4 Å². The van der Waals surface area contributed by atoms with Gasteiger partial charge in [0.1, 0.15) is 19.0 Å². The third kappa shape index (κ3) is 9.66. The number of hydrogen-bond donors (Lipinski definition) is 4. The van der Waals surface area contributed by atoms with E-state index in [9.17, 15) is 24.6 Å². The van der Waals surface area contributed by atoms with Crippen molar-refractivity contribution in [1.29, 1.82) is 0 Å². The van der Waals surface area contributed by atoms with Gasteiger partial charge >= 0.3 is 11.9 Å². The number of hydrogen-bond acceptors (Lipinski definition) is 8. The van der Waals surface area contributed by atoms with Crippen LogP contribution in [0.1, 0.15) is 50.5 Å². The molecule has 4 aromatic carbocycles. The second-order valence-corrected chi connectivity index (χ2v) is 12.6. The molecular weight excluding hydrogens is 710 g/mol. The zero-order valence-electron chi connectivity index (χ0n) is 25.3. The van der Waals surface area contributed by atoms with Crippen molar-refractivity contribution in [3.8, 4) is 11.5 Å². The smallest absolute Gasteiger partial charge is 0.338 e. The number of benzene rings is 4. The average molecular weight is 738 g/mol. The van der Waals surface area contributed by atoms with Crippen molar-refractivity contribution in [3.05, 3.63) is 115 Å². The number of carboxylic acid groups (broad SMARTS) is 2. The number of carboxylic acids is 2. The summed E-state index contributed by atoms with van der Waals surface area (Å²) in [6, 6.07) is 18.7. The highest BCUT2D eigenvalue weighted by molar-refractivity contribution is 6.39. The quantitative estimate of drug-likeness (QED) is 0.0687. The van der Waals surface area contributed by atoms with Crippen LogP contribution in [-0.4, -0.2) is 41.3 Å². The fourth-order valence-corrected chi connectivity index (χ4v) is 5.08. The number of rotatable bonds is 15. The fourth-order valence-electron chi connectivity index (χ4n) is 4.12. The lowest BCUT2D eigenvalue weighted by Gasteiger charge is -2.23. The predicted molar refractivity (Wildman–Crippen MR) is 182 cm³/mol. The highest BCUT2D eigenvalue weighted by atomic mass is 35.5. The second-order valence-electron chi connectivity index (χ2n) is 11.0. The van der Waals surface area contributed by atoms with E-state index in [1.807, 2.05) is 13.8 Å². The van der Waals surface area contributed by atoms with Crippen LogP contribution in [-0.2, 0) is 16.3 Å². The molecule has 4 aromatic rings. The van der Waals surface area contributed by atoms with Crippen molar-refractivity contribution in [2.75, 3.05) is 24.0 Å². The summed E-state index contributed by atoms with van der Waals surface area (Å²) < 4.78 is 5.89.